The van der Waals surface area contributed by atoms with Crippen LogP contribution in [0.25, 0.3) is 0 Å². The van der Waals surface area contributed by atoms with Crippen LogP contribution >= 0.6 is 11.8 Å². The Bertz CT molecular complexity index is 142. The van der Waals surface area contributed by atoms with Gasteiger partial charge in [0.15, 0.2) is 0 Å². The molecule has 0 saturated carbocycles. The lowest BCUT2D eigenvalue weighted by Crippen LogP contribution is -2.40. The molecule has 1 N–H and O–H groups in total. The minimum absolute atomic E-state index is 0.704. The third kappa shape index (κ3) is 6.44. The number of nitrogens with zero attached hydrogens (tertiary/aromatic N) is 1. The molecule has 0 fully saturated rings. The molecule has 0 aromatic rings. The number of hydrogen-bond donors (Lipinski definition) is 1. The van der Waals surface area contributed by atoms with Gasteiger partial charge >= 0.3 is 0 Å². The van der Waals surface area contributed by atoms with Crippen molar-refractivity contribution in [3.05, 3.63) is 0 Å². The molecule has 0 bridgehead atoms. The van der Waals surface area contributed by atoms with Crippen molar-refractivity contribution in [1.82, 2.24) is 10.2 Å². The van der Waals surface area contributed by atoms with Crippen molar-refractivity contribution in [1.29, 1.82) is 0 Å². The smallest absolute Gasteiger partial charge is 0.0183 e. The quantitative estimate of drug-likeness (QED) is 0.615. The first-order valence-electron chi connectivity index (χ1n) is 6.02. The zero-order valence-electron chi connectivity index (χ0n) is 11.0. The summed E-state index contributed by atoms with van der Waals surface area (Å²) in [5.41, 5.74) is 0. The molecule has 2 unspecified atom stereocenters. The van der Waals surface area contributed by atoms with Crippen LogP contribution in [-0.4, -0.2) is 49.6 Å². The Hall–Kier alpha value is 0.270. The van der Waals surface area contributed by atoms with Crippen molar-refractivity contribution < 1.29 is 0 Å². The predicted octanol–water partition coefficient (Wildman–Crippen LogP) is 2.45. The second kappa shape index (κ2) is 9.49. The van der Waals surface area contributed by atoms with Gasteiger partial charge in [-0.3, -0.25) is 4.90 Å². The van der Waals surface area contributed by atoms with Gasteiger partial charge in [-0.15, -0.1) is 0 Å². The summed E-state index contributed by atoms with van der Waals surface area (Å²) in [5, 5.41) is 3.21. The molecule has 15 heavy (non-hydrogen) atoms. The van der Waals surface area contributed by atoms with Crippen LogP contribution in [-0.2, 0) is 0 Å². The Labute approximate surface area is 100 Å². The van der Waals surface area contributed by atoms with Crippen LogP contribution in [0.5, 0.6) is 0 Å². The molecule has 0 aliphatic rings. The van der Waals surface area contributed by atoms with Crippen molar-refractivity contribution in [3.63, 3.8) is 0 Å². The van der Waals surface area contributed by atoms with Gasteiger partial charge in [-0.25, -0.2) is 0 Å². The van der Waals surface area contributed by atoms with Gasteiger partial charge in [-0.2, -0.15) is 11.8 Å². The van der Waals surface area contributed by atoms with E-state index in [0.29, 0.717) is 6.04 Å². The maximum atomic E-state index is 3.21. The van der Waals surface area contributed by atoms with Crippen molar-refractivity contribution >= 4 is 11.8 Å². The average Bonchev–Trinajstić information content (AvgIpc) is 2.25. The Balaban J connectivity index is 3.86. The van der Waals surface area contributed by atoms with Crippen LogP contribution in [0.15, 0.2) is 0 Å². The first kappa shape index (κ1) is 15.3. The average molecular weight is 232 g/mol. The highest BCUT2D eigenvalue weighted by Gasteiger charge is 2.17. The summed E-state index contributed by atoms with van der Waals surface area (Å²) in [7, 11) is 4.30. The molecule has 3 heteroatoms. The summed E-state index contributed by atoms with van der Waals surface area (Å²) in [4.78, 5) is 2.55. The first-order chi connectivity index (χ1) is 7.17. The molecule has 0 aromatic heterocycles. The van der Waals surface area contributed by atoms with Crippen LogP contribution in [0, 0.1) is 0 Å². The van der Waals surface area contributed by atoms with E-state index in [-0.39, 0.29) is 0 Å². The maximum Gasteiger partial charge on any atom is 0.0183 e. The van der Waals surface area contributed by atoms with Crippen molar-refractivity contribution in [2.75, 3.05) is 32.6 Å². The molecular weight excluding hydrogens is 204 g/mol. The Morgan fingerprint density at radius 1 is 1.40 bits per heavy atom. The van der Waals surface area contributed by atoms with E-state index in [2.05, 4.69) is 37.4 Å². The zero-order chi connectivity index (χ0) is 11.7. The molecular formula is C12H28N2S. The Kier molecular flexibility index (Phi) is 9.66. The third-order valence-electron chi connectivity index (χ3n) is 3.15. The zero-order valence-corrected chi connectivity index (χ0v) is 11.9. The van der Waals surface area contributed by atoms with Crippen molar-refractivity contribution in [3.8, 4) is 0 Å². The molecule has 92 valence electrons. The topological polar surface area (TPSA) is 15.3 Å². The van der Waals surface area contributed by atoms with E-state index >= 15 is 0 Å². The monoisotopic (exact) mass is 232 g/mol. The fourth-order valence-electron chi connectivity index (χ4n) is 1.85. The Morgan fingerprint density at radius 2 is 2.07 bits per heavy atom. The maximum absolute atomic E-state index is 3.21. The van der Waals surface area contributed by atoms with E-state index in [1.165, 1.54) is 25.0 Å². The summed E-state index contributed by atoms with van der Waals surface area (Å²) >= 11 is 1.95. The number of nitrogens with one attached hydrogen (secondary N) is 1. The highest BCUT2D eigenvalue weighted by molar-refractivity contribution is 7.98. The highest BCUT2D eigenvalue weighted by Crippen LogP contribution is 2.14. The minimum Gasteiger partial charge on any atom is -0.320 e. The molecule has 0 amide bonds. The van der Waals surface area contributed by atoms with E-state index in [9.17, 15) is 0 Å². The van der Waals surface area contributed by atoms with E-state index in [4.69, 9.17) is 0 Å². The van der Waals surface area contributed by atoms with E-state index < -0.39 is 0 Å². The van der Waals surface area contributed by atoms with Gasteiger partial charge in [0.25, 0.3) is 0 Å². The van der Waals surface area contributed by atoms with Gasteiger partial charge in [0.2, 0.25) is 0 Å². The Morgan fingerprint density at radius 3 is 2.53 bits per heavy atom. The van der Waals surface area contributed by atoms with Gasteiger partial charge in [-0.05, 0) is 53.1 Å². The summed E-state index contributed by atoms with van der Waals surface area (Å²) in [6, 6.07) is 1.44. The van der Waals surface area contributed by atoms with Crippen LogP contribution < -0.4 is 5.32 Å². The largest absolute Gasteiger partial charge is 0.320 e. The number of hydrogen-bond acceptors (Lipinski definition) is 3. The van der Waals surface area contributed by atoms with E-state index in [1.807, 2.05) is 18.8 Å². The van der Waals surface area contributed by atoms with E-state index in [1.54, 1.807) is 0 Å². The minimum atomic E-state index is 0.704. The van der Waals surface area contributed by atoms with Gasteiger partial charge in [0.1, 0.15) is 0 Å². The summed E-state index contributed by atoms with van der Waals surface area (Å²) in [6.07, 6.45) is 6.02. The SMILES string of the molecule is CCC(CSC)N(C)C(C)CCCNC. The lowest BCUT2D eigenvalue weighted by molar-refractivity contribution is 0.184. The molecule has 0 radical (unpaired) electrons. The van der Waals surface area contributed by atoms with Gasteiger partial charge < -0.3 is 5.32 Å². The fourth-order valence-corrected chi connectivity index (χ4v) is 2.71. The fraction of sp³-hybridized carbons (Fsp3) is 1.00. The number of rotatable bonds is 9. The second-order valence-corrected chi connectivity index (χ2v) is 5.19. The highest BCUT2D eigenvalue weighted by atomic mass is 32.2. The lowest BCUT2D eigenvalue weighted by atomic mass is 10.1. The standard InChI is InChI=1S/C12H28N2S/c1-6-12(10-15-5)14(4)11(2)8-7-9-13-3/h11-13H,6-10H2,1-5H3. The molecule has 0 heterocycles. The molecule has 0 rings (SSSR count). The number of thioether (sulfide) groups is 1. The van der Waals surface area contributed by atoms with Crippen LogP contribution in [0.1, 0.15) is 33.1 Å². The molecule has 2 atom stereocenters. The lowest BCUT2D eigenvalue weighted by Gasteiger charge is -2.32. The van der Waals surface area contributed by atoms with Gasteiger partial charge in [-0.1, -0.05) is 6.92 Å². The molecule has 0 aliphatic carbocycles. The van der Waals surface area contributed by atoms with Crippen molar-refractivity contribution in [2.24, 2.45) is 0 Å². The van der Waals surface area contributed by atoms with Gasteiger partial charge in [0, 0.05) is 17.8 Å². The summed E-state index contributed by atoms with van der Waals surface area (Å²) < 4.78 is 0. The van der Waals surface area contributed by atoms with E-state index in [0.717, 1.165) is 12.6 Å². The molecule has 0 spiro atoms. The third-order valence-corrected chi connectivity index (χ3v) is 3.87. The van der Waals surface area contributed by atoms with Crippen LogP contribution in [0.4, 0.5) is 0 Å². The van der Waals surface area contributed by atoms with Crippen molar-refractivity contribution in [2.45, 2.75) is 45.2 Å². The van der Waals surface area contributed by atoms with Crippen LogP contribution in [0.3, 0.4) is 0 Å². The predicted molar refractivity (Wildman–Crippen MR) is 72.8 cm³/mol. The summed E-state index contributed by atoms with van der Waals surface area (Å²) in [5.74, 6) is 1.25. The molecule has 0 aromatic carbocycles. The molecule has 0 aliphatic heterocycles. The second-order valence-electron chi connectivity index (χ2n) is 4.28. The molecule has 0 saturated heterocycles. The van der Waals surface area contributed by atoms with Crippen LogP contribution in [0.2, 0.25) is 0 Å². The first-order valence-corrected chi connectivity index (χ1v) is 7.42. The normalized spacial score (nSPS) is 15.6. The van der Waals surface area contributed by atoms with Gasteiger partial charge in [0.05, 0.1) is 0 Å². The summed E-state index contributed by atoms with van der Waals surface area (Å²) in [6.45, 7) is 5.77. The molecule has 2 nitrogen and oxygen atoms in total.